The monoisotopic (exact) mass is 822 g/mol. The Bertz CT molecular complexity index is 3370. The van der Waals surface area contributed by atoms with Crippen LogP contribution < -0.4 is 0 Å². The van der Waals surface area contributed by atoms with Crippen LogP contribution in [0, 0.1) is 20.8 Å². The van der Waals surface area contributed by atoms with E-state index in [9.17, 15) is 0 Å². The zero-order chi connectivity index (χ0) is 43.1. The molecule has 0 amide bonds. The van der Waals surface area contributed by atoms with Gasteiger partial charge in [0.25, 0.3) is 0 Å². The number of rotatable bonds is 8. The highest BCUT2D eigenvalue weighted by Crippen LogP contribution is 2.41. The maximum atomic E-state index is 5.32. The van der Waals surface area contributed by atoms with E-state index in [1.54, 1.807) is 0 Å². The molecule has 0 unspecified atom stereocenters. The Kier molecular flexibility index (Phi) is 9.74. The van der Waals surface area contributed by atoms with Gasteiger partial charge < -0.3 is 4.57 Å². The van der Waals surface area contributed by atoms with E-state index in [4.69, 9.17) is 24.9 Å². The van der Waals surface area contributed by atoms with Crippen LogP contribution in [0.4, 0.5) is 0 Å². The van der Waals surface area contributed by atoms with Crippen LogP contribution in [0.5, 0.6) is 0 Å². The quantitative estimate of drug-likeness (QED) is 0.153. The third-order valence-electron chi connectivity index (χ3n) is 11.9. The van der Waals surface area contributed by atoms with Crippen molar-refractivity contribution in [1.29, 1.82) is 0 Å². The van der Waals surface area contributed by atoms with Crippen LogP contribution in [0.3, 0.4) is 0 Å². The fourth-order valence-corrected chi connectivity index (χ4v) is 9.09. The topological polar surface area (TPSA) is 69.4 Å². The van der Waals surface area contributed by atoms with Crippen molar-refractivity contribution in [1.82, 2.24) is 29.5 Å². The van der Waals surface area contributed by atoms with E-state index >= 15 is 0 Å². The zero-order valence-corrected chi connectivity index (χ0v) is 35.7. The number of para-hydroxylation sites is 1. The average Bonchev–Trinajstić information content (AvgIpc) is 3.67. The van der Waals surface area contributed by atoms with Gasteiger partial charge in [0, 0.05) is 44.2 Å². The van der Waals surface area contributed by atoms with Gasteiger partial charge in [-0.2, -0.15) is 0 Å². The molecule has 0 fully saturated rings. The summed E-state index contributed by atoms with van der Waals surface area (Å²) in [4.78, 5) is 26.2. The maximum absolute atomic E-state index is 5.32. The molecule has 6 heteroatoms. The lowest BCUT2D eigenvalue weighted by Crippen LogP contribution is -2.04. The molecular weight excluding hydrogens is 781 g/mol. The van der Waals surface area contributed by atoms with Crippen molar-refractivity contribution in [3.8, 4) is 84.9 Å². The van der Waals surface area contributed by atoms with Crippen molar-refractivity contribution < 1.29 is 0 Å². The molecule has 3 aromatic heterocycles. The summed E-state index contributed by atoms with van der Waals surface area (Å²) in [6.45, 7) is 6.58. The van der Waals surface area contributed by atoms with Crippen molar-refractivity contribution in [3.05, 3.63) is 217 Å². The molecule has 0 atom stereocenters. The molecule has 11 rings (SSSR count). The van der Waals surface area contributed by atoms with Gasteiger partial charge in [-0.25, -0.2) is 24.9 Å². The number of hydrogen-bond acceptors (Lipinski definition) is 5. The molecule has 0 radical (unpaired) electrons. The second kappa shape index (κ2) is 16.2. The van der Waals surface area contributed by atoms with Gasteiger partial charge in [0.15, 0.2) is 23.3 Å². The molecular formula is C58H42N6. The van der Waals surface area contributed by atoms with E-state index in [1.165, 1.54) is 27.8 Å². The first kappa shape index (κ1) is 38.6. The Morgan fingerprint density at radius 2 is 0.797 bits per heavy atom. The molecule has 0 aliphatic rings. The Balaban J connectivity index is 1.22. The Labute approximate surface area is 372 Å². The fraction of sp³-hybridized carbons (Fsp3) is 0.0517. The summed E-state index contributed by atoms with van der Waals surface area (Å²) >= 11 is 0. The van der Waals surface area contributed by atoms with Crippen LogP contribution in [0.15, 0.2) is 200 Å². The molecule has 8 aromatic carbocycles. The van der Waals surface area contributed by atoms with Crippen LogP contribution in [0.25, 0.3) is 107 Å². The molecule has 0 N–H and O–H groups in total. The molecule has 0 aliphatic carbocycles. The molecule has 3 heterocycles. The van der Waals surface area contributed by atoms with Crippen molar-refractivity contribution in [2.24, 2.45) is 0 Å². The standard InChI is InChI=1S/C58H42N6/c1-37-32-38(2)54(39(3)33-37)44-28-30-47-46-26-16-17-27-51(46)64(53(47)35-44)52-31-29-45(57-59-49(40-18-8-4-9-19-40)36-50(60-57)41-20-10-5-11-21-41)34-48(52)58-62-55(42-22-12-6-13-23-42)61-56(63-58)43-24-14-7-15-25-43/h4-36H,1-3H3. The number of benzene rings is 8. The van der Waals surface area contributed by atoms with E-state index < -0.39 is 0 Å². The number of fused-ring (bicyclic) bond motifs is 3. The summed E-state index contributed by atoms with van der Waals surface area (Å²) < 4.78 is 2.37. The zero-order valence-electron chi connectivity index (χ0n) is 35.7. The highest BCUT2D eigenvalue weighted by Gasteiger charge is 2.22. The summed E-state index contributed by atoms with van der Waals surface area (Å²) in [5.41, 5.74) is 16.4. The van der Waals surface area contributed by atoms with Crippen molar-refractivity contribution in [2.75, 3.05) is 0 Å². The molecule has 0 saturated carbocycles. The van der Waals surface area contributed by atoms with E-state index in [0.717, 1.165) is 72.3 Å². The van der Waals surface area contributed by atoms with Crippen LogP contribution >= 0.6 is 0 Å². The first-order valence-electron chi connectivity index (χ1n) is 21.6. The van der Waals surface area contributed by atoms with Gasteiger partial charge in [0.05, 0.1) is 28.1 Å². The normalized spacial score (nSPS) is 11.4. The largest absolute Gasteiger partial charge is 0.308 e. The summed E-state index contributed by atoms with van der Waals surface area (Å²) in [5, 5.41) is 2.32. The highest BCUT2D eigenvalue weighted by atomic mass is 15.1. The first-order valence-corrected chi connectivity index (χ1v) is 21.6. The number of aromatic nitrogens is 6. The van der Waals surface area contributed by atoms with Crippen LogP contribution in [0.2, 0.25) is 0 Å². The predicted octanol–water partition coefficient (Wildman–Crippen LogP) is 14.4. The third kappa shape index (κ3) is 7.11. The minimum atomic E-state index is 0.541. The number of nitrogens with zero attached hydrogens (tertiary/aromatic N) is 6. The maximum Gasteiger partial charge on any atom is 0.166 e. The average molecular weight is 823 g/mol. The molecule has 0 bridgehead atoms. The predicted molar refractivity (Wildman–Crippen MR) is 262 cm³/mol. The van der Waals surface area contributed by atoms with Gasteiger partial charge in [0.2, 0.25) is 0 Å². The van der Waals surface area contributed by atoms with Gasteiger partial charge in [-0.05, 0) is 79.4 Å². The van der Waals surface area contributed by atoms with Gasteiger partial charge in [0.1, 0.15) is 0 Å². The smallest absolute Gasteiger partial charge is 0.166 e. The van der Waals surface area contributed by atoms with Gasteiger partial charge in [-0.15, -0.1) is 0 Å². The SMILES string of the molecule is Cc1cc(C)c(-c2ccc3c4ccccc4n(-c4ccc(-c5nc(-c6ccccc6)cc(-c6ccccc6)n5)cc4-c4nc(-c5ccccc5)nc(-c5ccccc5)n4)c3c2)c(C)c1. The Morgan fingerprint density at radius 1 is 0.328 bits per heavy atom. The van der Waals surface area contributed by atoms with Gasteiger partial charge in [-0.3, -0.25) is 0 Å². The minimum absolute atomic E-state index is 0.541. The van der Waals surface area contributed by atoms with Crippen LogP contribution in [0.1, 0.15) is 16.7 Å². The van der Waals surface area contributed by atoms with Crippen molar-refractivity contribution >= 4 is 21.8 Å². The molecule has 11 aromatic rings. The van der Waals surface area contributed by atoms with Crippen LogP contribution in [-0.4, -0.2) is 29.5 Å². The number of hydrogen-bond donors (Lipinski definition) is 0. The molecule has 0 saturated heterocycles. The fourth-order valence-electron chi connectivity index (χ4n) is 9.09. The summed E-state index contributed by atoms with van der Waals surface area (Å²) in [6, 6.07) is 69.4. The van der Waals surface area contributed by atoms with E-state index in [0.29, 0.717) is 23.3 Å². The van der Waals surface area contributed by atoms with E-state index in [1.807, 2.05) is 97.1 Å². The van der Waals surface area contributed by atoms with E-state index in [2.05, 4.69) is 128 Å². The lowest BCUT2D eigenvalue weighted by Gasteiger charge is -2.17. The van der Waals surface area contributed by atoms with Gasteiger partial charge in [-0.1, -0.05) is 169 Å². The lowest BCUT2D eigenvalue weighted by atomic mass is 9.93. The first-order chi connectivity index (χ1) is 31.4. The van der Waals surface area contributed by atoms with Gasteiger partial charge >= 0.3 is 0 Å². The summed E-state index contributed by atoms with van der Waals surface area (Å²) in [6.07, 6.45) is 0. The molecule has 64 heavy (non-hydrogen) atoms. The molecule has 6 nitrogen and oxygen atoms in total. The van der Waals surface area contributed by atoms with Crippen molar-refractivity contribution in [3.63, 3.8) is 0 Å². The third-order valence-corrected chi connectivity index (χ3v) is 11.9. The number of aryl methyl sites for hydroxylation is 3. The second-order valence-corrected chi connectivity index (χ2v) is 16.3. The lowest BCUT2D eigenvalue weighted by molar-refractivity contribution is 1.06. The molecule has 304 valence electrons. The second-order valence-electron chi connectivity index (χ2n) is 16.3. The Hall–Kier alpha value is -8.35. The molecule has 0 spiro atoms. The van der Waals surface area contributed by atoms with E-state index in [-0.39, 0.29) is 0 Å². The summed E-state index contributed by atoms with van der Waals surface area (Å²) in [5.74, 6) is 2.32. The van der Waals surface area contributed by atoms with Crippen LogP contribution in [-0.2, 0) is 0 Å². The Morgan fingerprint density at radius 3 is 1.38 bits per heavy atom. The highest BCUT2D eigenvalue weighted by molar-refractivity contribution is 6.11. The van der Waals surface area contributed by atoms with Crippen molar-refractivity contribution in [2.45, 2.75) is 20.8 Å². The minimum Gasteiger partial charge on any atom is -0.308 e. The molecule has 0 aliphatic heterocycles. The summed E-state index contributed by atoms with van der Waals surface area (Å²) in [7, 11) is 0.